The average Bonchev–Trinajstić information content (AvgIpc) is 2.65. The van der Waals surface area contributed by atoms with E-state index in [0.717, 1.165) is 23.8 Å². The van der Waals surface area contributed by atoms with Crippen LogP contribution in [0, 0.1) is 11.8 Å². The topological polar surface area (TPSA) is 43.7 Å². The first-order valence-electron chi connectivity index (χ1n) is 11.4. The summed E-state index contributed by atoms with van der Waals surface area (Å²) in [5.74, 6) is 2.01. The van der Waals surface area contributed by atoms with Gasteiger partial charge < -0.3 is 10.2 Å². The van der Waals surface area contributed by atoms with Gasteiger partial charge >= 0.3 is 0 Å². The predicted molar refractivity (Wildman–Crippen MR) is 108 cm³/mol. The largest absolute Gasteiger partial charge is 0.508 e. The number of fused-ring (bicyclic) bond motifs is 1. The van der Waals surface area contributed by atoms with E-state index in [2.05, 4.69) is 17.0 Å². The van der Waals surface area contributed by atoms with Crippen LogP contribution < -0.4 is 0 Å². The third kappa shape index (κ3) is 2.76. The van der Waals surface area contributed by atoms with Crippen molar-refractivity contribution in [3.63, 3.8) is 0 Å². The fourth-order valence-corrected chi connectivity index (χ4v) is 6.87. The molecule has 1 saturated heterocycles. The number of nitrogens with zero attached hydrogens (tertiary/aromatic N) is 1. The summed E-state index contributed by atoms with van der Waals surface area (Å²) < 4.78 is 0. The molecule has 1 aromatic carbocycles. The minimum Gasteiger partial charge on any atom is -0.508 e. The van der Waals surface area contributed by atoms with Gasteiger partial charge in [0, 0.05) is 23.6 Å². The maximum atomic E-state index is 10.7. The van der Waals surface area contributed by atoms with Crippen molar-refractivity contribution in [2.45, 2.75) is 88.7 Å². The lowest BCUT2D eigenvalue weighted by molar-refractivity contribution is -0.0241. The van der Waals surface area contributed by atoms with Crippen molar-refractivity contribution in [3.8, 4) is 5.75 Å². The van der Waals surface area contributed by atoms with Crippen molar-refractivity contribution in [1.29, 1.82) is 0 Å². The van der Waals surface area contributed by atoms with E-state index >= 15 is 0 Å². The molecule has 2 N–H and O–H groups in total. The lowest BCUT2D eigenvalue weighted by Crippen LogP contribution is -2.61. The number of phenols is 1. The van der Waals surface area contributed by atoms with E-state index in [0.29, 0.717) is 18.2 Å². The lowest BCUT2D eigenvalue weighted by Gasteiger charge is -2.59. The summed E-state index contributed by atoms with van der Waals surface area (Å²) in [6.07, 6.45) is 12.1. The van der Waals surface area contributed by atoms with E-state index in [1.807, 2.05) is 6.92 Å². The highest BCUT2D eigenvalue weighted by Gasteiger charge is 2.54. The summed E-state index contributed by atoms with van der Waals surface area (Å²) in [5.41, 5.74) is 3.86. The fourth-order valence-electron chi connectivity index (χ4n) is 6.87. The van der Waals surface area contributed by atoms with Crippen molar-refractivity contribution >= 4 is 0 Å². The molecule has 3 heteroatoms. The van der Waals surface area contributed by atoms with Crippen molar-refractivity contribution in [3.05, 3.63) is 28.8 Å². The molecule has 3 aliphatic carbocycles. The number of hydrogen-bond acceptors (Lipinski definition) is 3. The molecule has 0 aromatic heterocycles. The van der Waals surface area contributed by atoms with Crippen LogP contribution in [-0.2, 0) is 11.8 Å². The molecule has 4 atom stereocenters. The first-order chi connectivity index (χ1) is 13.1. The average molecular weight is 370 g/mol. The number of aliphatic hydroxyl groups excluding tert-OH is 1. The van der Waals surface area contributed by atoms with Crippen molar-refractivity contribution in [2.75, 3.05) is 13.1 Å². The molecule has 3 nitrogen and oxygen atoms in total. The van der Waals surface area contributed by atoms with Crippen LogP contribution in [0.5, 0.6) is 5.75 Å². The van der Waals surface area contributed by atoms with Crippen molar-refractivity contribution in [2.24, 2.45) is 11.8 Å². The number of benzene rings is 1. The van der Waals surface area contributed by atoms with Gasteiger partial charge in [0.25, 0.3) is 0 Å². The second kappa shape index (κ2) is 6.77. The Kier molecular flexibility index (Phi) is 4.52. The third-order valence-electron chi connectivity index (χ3n) is 8.56. The zero-order chi connectivity index (χ0) is 18.6. The standard InChI is InChI=1S/C24H35NO2/c1-2-22(26)18-12-17-13-21-19-8-3-4-9-24(19,20(17)14-23(18)27)10-11-25(21)15-16-6-5-7-16/h12,14,16,19,21-22,26-27H,2-11,13,15H2,1H3/t19-,21+,22?,24+/m0/s1. The van der Waals surface area contributed by atoms with Crippen LogP contribution >= 0.6 is 0 Å². The summed E-state index contributed by atoms with van der Waals surface area (Å²) >= 11 is 0. The molecule has 1 aromatic rings. The Balaban J connectivity index is 1.55. The number of aromatic hydroxyl groups is 1. The molecule has 148 valence electrons. The molecular formula is C24H35NO2. The molecule has 27 heavy (non-hydrogen) atoms. The van der Waals surface area contributed by atoms with Crippen LogP contribution in [0.1, 0.15) is 87.5 Å². The highest BCUT2D eigenvalue weighted by molar-refractivity contribution is 5.50. The lowest BCUT2D eigenvalue weighted by atomic mass is 9.52. The van der Waals surface area contributed by atoms with Crippen LogP contribution in [0.2, 0.25) is 0 Å². The SMILES string of the molecule is CCC(O)c1cc2c(cc1O)[C@@]13CCCC[C@H]1[C@@H](C2)N(CC1CCC1)CC3. The summed E-state index contributed by atoms with van der Waals surface area (Å²) in [7, 11) is 0. The quantitative estimate of drug-likeness (QED) is 0.809. The van der Waals surface area contributed by atoms with Gasteiger partial charge in [0.2, 0.25) is 0 Å². The van der Waals surface area contributed by atoms with Gasteiger partial charge in [-0.3, -0.25) is 4.90 Å². The minimum atomic E-state index is -0.553. The van der Waals surface area contributed by atoms with Gasteiger partial charge in [0.05, 0.1) is 6.10 Å². The van der Waals surface area contributed by atoms with Gasteiger partial charge in [-0.15, -0.1) is 0 Å². The first-order valence-corrected chi connectivity index (χ1v) is 11.4. The normalized spacial score (nSPS) is 34.4. The highest BCUT2D eigenvalue weighted by Crippen LogP contribution is 2.57. The third-order valence-corrected chi connectivity index (χ3v) is 8.56. The van der Waals surface area contributed by atoms with Crippen LogP contribution in [0.3, 0.4) is 0 Å². The van der Waals surface area contributed by atoms with E-state index in [4.69, 9.17) is 0 Å². The van der Waals surface area contributed by atoms with E-state index in [1.165, 1.54) is 75.6 Å². The Morgan fingerprint density at radius 2 is 2.00 bits per heavy atom. The van der Waals surface area contributed by atoms with Crippen molar-refractivity contribution < 1.29 is 10.2 Å². The van der Waals surface area contributed by atoms with Crippen LogP contribution in [-0.4, -0.2) is 34.2 Å². The summed E-state index contributed by atoms with van der Waals surface area (Å²) in [6.45, 7) is 4.51. The molecule has 1 unspecified atom stereocenters. The molecule has 0 spiro atoms. The fraction of sp³-hybridized carbons (Fsp3) is 0.750. The zero-order valence-electron chi connectivity index (χ0n) is 16.8. The summed E-state index contributed by atoms with van der Waals surface area (Å²) in [4.78, 5) is 2.84. The number of phenolic OH excluding ortho intramolecular Hbond substituents is 1. The minimum absolute atomic E-state index is 0.278. The second-order valence-electron chi connectivity index (χ2n) is 9.81. The van der Waals surface area contributed by atoms with E-state index in [9.17, 15) is 10.2 Å². The van der Waals surface area contributed by atoms with Gasteiger partial charge in [-0.1, -0.05) is 26.2 Å². The molecule has 3 fully saturated rings. The second-order valence-corrected chi connectivity index (χ2v) is 9.81. The molecule has 4 aliphatic rings. The highest BCUT2D eigenvalue weighted by atomic mass is 16.3. The summed E-state index contributed by atoms with van der Waals surface area (Å²) in [5, 5.41) is 21.1. The summed E-state index contributed by atoms with van der Waals surface area (Å²) in [6, 6.07) is 4.88. The molecular weight excluding hydrogens is 334 g/mol. The molecule has 5 rings (SSSR count). The van der Waals surface area contributed by atoms with E-state index < -0.39 is 6.10 Å². The maximum absolute atomic E-state index is 10.7. The molecule has 0 radical (unpaired) electrons. The van der Waals surface area contributed by atoms with Crippen LogP contribution in [0.15, 0.2) is 12.1 Å². The number of hydrogen-bond donors (Lipinski definition) is 2. The Morgan fingerprint density at radius 3 is 2.74 bits per heavy atom. The van der Waals surface area contributed by atoms with E-state index in [-0.39, 0.29) is 5.41 Å². The van der Waals surface area contributed by atoms with Gasteiger partial charge in [-0.2, -0.15) is 0 Å². The first kappa shape index (κ1) is 18.0. The number of piperidine rings is 1. The van der Waals surface area contributed by atoms with Crippen LogP contribution in [0.25, 0.3) is 0 Å². The molecule has 1 heterocycles. The molecule has 2 bridgehead atoms. The molecule has 1 aliphatic heterocycles. The Hall–Kier alpha value is -1.06. The molecule has 0 amide bonds. The van der Waals surface area contributed by atoms with Gasteiger partial charge in [-0.25, -0.2) is 0 Å². The Labute approximate surface area is 163 Å². The number of rotatable bonds is 4. The predicted octanol–water partition coefficient (Wildman–Crippen LogP) is 4.69. The zero-order valence-corrected chi connectivity index (χ0v) is 16.8. The van der Waals surface area contributed by atoms with E-state index in [1.54, 1.807) is 0 Å². The Bertz CT molecular complexity index is 713. The smallest absolute Gasteiger partial charge is 0.121 e. The molecule has 2 saturated carbocycles. The number of aliphatic hydroxyl groups is 1. The van der Waals surface area contributed by atoms with Gasteiger partial charge in [0.1, 0.15) is 5.75 Å². The van der Waals surface area contributed by atoms with Crippen LogP contribution in [0.4, 0.5) is 0 Å². The monoisotopic (exact) mass is 369 g/mol. The van der Waals surface area contributed by atoms with Gasteiger partial charge in [0.15, 0.2) is 0 Å². The maximum Gasteiger partial charge on any atom is 0.121 e. The Morgan fingerprint density at radius 1 is 1.15 bits per heavy atom. The number of likely N-dealkylation sites (tertiary alicyclic amines) is 1. The van der Waals surface area contributed by atoms with Gasteiger partial charge in [-0.05, 0) is 86.6 Å². The van der Waals surface area contributed by atoms with Crippen molar-refractivity contribution in [1.82, 2.24) is 4.90 Å².